The van der Waals surface area contributed by atoms with E-state index >= 15 is 0 Å². The van der Waals surface area contributed by atoms with Crippen LogP contribution in [0.5, 0.6) is 0 Å². The van der Waals surface area contributed by atoms with Gasteiger partial charge in [0, 0.05) is 0 Å². The summed E-state index contributed by atoms with van der Waals surface area (Å²) in [6.45, 7) is 2.09. The first-order valence-electron chi connectivity index (χ1n) is 4.19. The van der Waals surface area contributed by atoms with E-state index in [0.29, 0.717) is 6.61 Å². The molecule has 0 radical (unpaired) electrons. The molecule has 0 aliphatic rings. The highest BCUT2D eigenvalue weighted by Gasteiger charge is 2.26. The molecule has 0 rings (SSSR count). The Labute approximate surface area is 90.1 Å². The second-order valence-electron chi connectivity index (χ2n) is 2.82. The van der Waals surface area contributed by atoms with Crippen LogP contribution in [-0.2, 0) is 9.09 Å². The summed E-state index contributed by atoms with van der Waals surface area (Å²) in [6.07, 6.45) is 1.55. The van der Waals surface area contributed by atoms with Crippen LogP contribution < -0.4 is 0 Å². The lowest BCUT2D eigenvalue weighted by Crippen LogP contribution is -2.37. The third kappa shape index (κ3) is 8.62. The Balaban J connectivity index is 0. The molecule has 4 N–H and O–H groups in total. The Bertz CT molecular complexity index is 134. The third-order valence-electron chi connectivity index (χ3n) is 1.60. The van der Waals surface area contributed by atoms with Crippen molar-refractivity contribution in [2.75, 3.05) is 33.0 Å². The van der Waals surface area contributed by atoms with Crippen molar-refractivity contribution in [3.05, 3.63) is 12.7 Å². The van der Waals surface area contributed by atoms with Crippen LogP contribution in [0.25, 0.3) is 0 Å². The molecule has 0 aliphatic carbocycles. The first kappa shape index (κ1) is 17.0. The minimum Gasteiger partial charge on any atom is -0.396 e. The third-order valence-corrected chi connectivity index (χ3v) is 1.89. The Kier molecular flexibility index (Phi) is 13.3. The number of aliphatic hydroxyl groups excluding tert-OH is 4. The molecular weight excluding hydrogens is 223 g/mol. The minimum absolute atomic E-state index is 0.377. The molecule has 0 aliphatic heterocycles. The van der Waals surface area contributed by atoms with Crippen molar-refractivity contribution < 1.29 is 29.5 Å². The van der Waals surface area contributed by atoms with Gasteiger partial charge in [-0.2, -0.15) is 0 Å². The van der Waals surface area contributed by atoms with Gasteiger partial charge in [-0.1, -0.05) is 6.08 Å². The summed E-state index contributed by atoms with van der Waals surface area (Å²) in [6, 6.07) is 0. The Morgan fingerprint density at radius 2 is 1.53 bits per heavy atom. The molecule has 15 heavy (non-hydrogen) atoms. The van der Waals surface area contributed by atoms with Crippen molar-refractivity contribution in [3.8, 4) is 0 Å². The van der Waals surface area contributed by atoms with Gasteiger partial charge in [0.1, 0.15) is 6.61 Å². The van der Waals surface area contributed by atoms with E-state index in [-0.39, 0.29) is 0 Å². The van der Waals surface area contributed by atoms with Crippen LogP contribution in [0.3, 0.4) is 0 Å². The zero-order valence-corrected chi connectivity index (χ0v) is 9.43. The molecule has 0 aromatic rings. The average molecular weight is 241 g/mol. The van der Waals surface area contributed by atoms with Gasteiger partial charge in [0.05, 0.1) is 31.8 Å². The lowest BCUT2D eigenvalue weighted by atomic mass is 9.93. The maximum atomic E-state index is 9.45. The molecule has 0 saturated carbocycles. The molecule has 0 fully saturated rings. The van der Waals surface area contributed by atoms with Crippen LogP contribution in [0, 0.1) is 5.41 Å². The second kappa shape index (κ2) is 11.7. The molecule has 7 heteroatoms. The standard InChI is InChI=1S/C5H12O4.C3H6O2P/c6-1-5(2-7,3-8)4-9;1-2-3-5-6-4/h6-9H,1-4H2;2,6H,1,3H2/q;+1. The van der Waals surface area contributed by atoms with Crippen LogP contribution in [0.1, 0.15) is 0 Å². The maximum Gasteiger partial charge on any atom is 0.494 e. The second-order valence-corrected chi connectivity index (χ2v) is 3.27. The maximum absolute atomic E-state index is 9.45. The Morgan fingerprint density at radius 3 is 1.60 bits per heavy atom. The fraction of sp³-hybridized carbons (Fsp3) is 0.750. The summed E-state index contributed by atoms with van der Waals surface area (Å²) in [5.41, 5.74) is -1.11. The van der Waals surface area contributed by atoms with Gasteiger partial charge in [0.2, 0.25) is 0 Å². The zero-order chi connectivity index (χ0) is 12.2. The quantitative estimate of drug-likeness (QED) is 0.260. The molecule has 1 unspecified atom stereocenters. The van der Waals surface area contributed by atoms with Gasteiger partial charge in [0.15, 0.2) is 0 Å². The van der Waals surface area contributed by atoms with Crippen molar-refractivity contribution in [1.29, 1.82) is 0 Å². The predicted octanol–water partition coefficient (Wildman–Crippen LogP) is -0.930. The first-order chi connectivity index (χ1) is 7.16. The smallest absolute Gasteiger partial charge is 0.396 e. The lowest BCUT2D eigenvalue weighted by molar-refractivity contribution is -0.0328. The van der Waals surface area contributed by atoms with Gasteiger partial charge in [-0.05, 0) is 4.57 Å². The fourth-order valence-electron chi connectivity index (χ4n) is 0.393. The molecule has 6 nitrogen and oxygen atoms in total. The molecule has 0 heterocycles. The van der Waals surface area contributed by atoms with Crippen LogP contribution in [0.15, 0.2) is 12.7 Å². The van der Waals surface area contributed by atoms with E-state index in [0.717, 1.165) is 0 Å². The van der Waals surface area contributed by atoms with E-state index in [2.05, 4.69) is 11.1 Å². The highest BCUT2D eigenvalue weighted by molar-refractivity contribution is 7.17. The number of hydrogen-bond donors (Lipinski definition) is 4. The van der Waals surface area contributed by atoms with Gasteiger partial charge in [-0.25, -0.2) is 0 Å². The van der Waals surface area contributed by atoms with Crippen molar-refractivity contribution in [3.63, 3.8) is 0 Å². The van der Waals surface area contributed by atoms with Crippen LogP contribution in [0.2, 0.25) is 0 Å². The van der Waals surface area contributed by atoms with Gasteiger partial charge in [-0.15, -0.1) is 11.1 Å². The molecule has 0 aromatic heterocycles. The molecule has 1 atom stereocenters. The van der Waals surface area contributed by atoms with Crippen molar-refractivity contribution >= 4 is 8.69 Å². The number of aliphatic hydroxyl groups is 4. The monoisotopic (exact) mass is 241 g/mol. The normalized spacial score (nSPS) is 10.7. The van der Waals surface area contributed by atoms with E-state index in [4.69, 9.17) is 20.4 Å². The molecular formula is C8H18O6P+. The minimum atomic E-state index is -1.11. The van der Waals surface area contributed by atoms with Crippen molar-refractivity contribution in [2.24, 2.45) is 5.41 Å². The molecule has 0 aromatic carbocycles. The van der Waals surface area contributed by atoms with E-state index < -0.39 is 40.5 Å². The van der Waals surface area contributed by atoms with Gasteiger partial charge in [-0.3, -0.25) is 0 Å². The Hall–Kier alpha value is -0.360. The van der Waals surface area contributed by atoms with E-state index in [9.17, 15) is 4.57 Å². The molecule has 90 valence electrons. The van der Waals surface area contributed by atoms with Crippen LogP contribution in [0.4, 0.5) is 0 Å². The molecule has 0 amide bonds. The van der Waals surface area contributed by atoms with Crippen molar-refractivity contribution in [2.45, 2.75) is 0 Å². The predicted molar refractivity (Wildman–Crippen MR) is 55.9 cm³/mol. The largest absolute Gasteiger partial charge is 0.494 e. The first-order valence-corrected chi connectivity index (χ1v) is 5.01. The summed E-state index contributed by atoms with van der Waals surface area (Å²) in [4.78, 5) is 0. The fourth-order valence-corrected chi connectivity index (χ4v) is 0.579. The average Bonchev–Trinajstić information content (AvgIpc) is 2.31. The van der Waals surface area contributed by atoms with Crippen LogP contribution in [-0.4, -0.2) is 53.5 Å². The summed E-state index contributed by atoms with van der Waals surface area (Å²) < 4.78 is 13.8. The van der Waals surface area contributed by atoms with E-state index in [1.807, 2.05) is 0 Å². The summed E-state index contributed by atoms with van der Waals surface area (Å²) in [5.74, 6) is 0. The summed E-state index contributed by atoms with van der Waals surface area (Å²) in [5, 5.41) is 34.0. The van der Waals surface area contributed by atoms with E-state index in [1.54, 1.807) is 6.08 Å². The van der Waals surface area contributed by atoms with Crippen molar-refractivity contribution in [1.82, 2.24) is 0 Å². The highest BCUT2D eigenvalue weighted by Crippen LogP contribution is 2.11. The summed E-state index contributed by atoms with van der Waals surface area (Å²) >= 11 is 0. The van der Waals surface area contributed by atoms with Gasteiger partial charge >= 0.3 is 8.69 Å². The van der Waals surface area contributed by atoms with E-state index in [1.165, 1.54) is 0 Å². The topological polar surface area (TPSA) is 107 Å². The molecule has 0 spiro atoms. The summed E-state index contributed by atoms with van der Waals surface area (Å²) in [7, 11) is -0.657. The molecule has 0 saturated heterocycles. The van der Waals surface area contributed by atoms with Gasteiger partial charge < -0.3 is 20.4 Å². The van der Waals surface area contributed by atoms with Gasteiger partial charge in [0.25, 0.3) is 0 Å². The zero-order valence-electron chi connectivity index (χ0n) is 8.43. The Morgan fingerprint density at radius 1 is 1.13 bits per heavy atom. The SMILES string of the molecule is C=CCO[PH+]=O.OCC(CO)(CO)CO. The molecule has 0 bridgehead atoms. The highest BCUT2D eigenvalue weighted by atomic mass is 31.1. The number of rotatable bonds is 7. The number of hydrogen-bond acceptors (Lipinski definition) is 6. The lowest BCUT2D eigenvalue weighted by Gasteiger charge is -2.23. The van der Waals surface area contributed by atoms with Crippen LogP contribution >= 0.6 is 8.69 Å².